The number of aryl methyl sites for hydroxylation is 1. The summed E-state index contributed by atoms with van der Waals surface area (Å²) in [4.78, 5) is 16.4. The van der Waals surface area contributed by atoms with Crippen molar-refractivity contribution in [1.29, 1.82) is 5.26 Å². The van der Waals surface area contributed by atoms with Gasteiger partial charge in [-0.1, -0.05) is 12.1 Å². The Labute approximate surface area is 120 Å². The molecule has 1 N–H and O–H groups in total. The average molecular weight is 277 g/mol. The van der Waals surface area contributed by atoms with E-state index in [1.807, 2.05) is 6.07 Å². The highest BCUT2D eigenvalue weighted by Crippen LogP contribution is 2.19. The topological polar surface area (TPSA) is 78.9 Å². The maximum atomic E-state index is 12.3. The summed E-state index contributed by atoms with van der Waals surface area (Å²) in [7, 11) is 0. The number of oxazole rings is 1. The molecule has 1 aromatic heterocycles. The van der Waals surface area contributed by atoms with Gasteiger partial charge >= 0.3 is 0 Å². The zero-order valence-electron chi connectivity index (χ0n) is 11.3. The van der Waals surface area contributed by atoms with Crippen molar-refractivity contribution >= 4 is 22.7 Å². The molecule has 1 heterocycles. The van der Waals surface area contributed by atoms with Crippen molar-refractivity contribution in [2.24, 2.45) is 0 Å². The number of carbonyl (C=O) groups excluding carboxylic acids is 1. The molecule has 0 unspecified atom stereocenters. The Bertz CT molecular complexity index is 875. The lowest BCUT2D eigenvalue weighted by molar-refractivity contribution is 0.102. The molecule has 0 saturated carbocycles. The molecule has 0 aliphatic heterocycles. The van der Waals surface area contributed by atoms with Crippen molar-refractivity contribution in [3.63, 3.8) is 0 Å². The number of carbonyl (C=O) groups is 1. The standard InChI is InChI=1S/C16H11N3O2/c1-10-18-14-7-6-11(8-15(14)21-10)16(20)19-13-5-3-2-4-12(13)9-17/h2-8H,1H3,(H,19,20). The van der Waals surface area contributed by atoms with Crippen LogP contribution in [0.4, 0.5) is 5.69 Å². The second kappa shape index (κ2) is 5.10. The summed E-state index contributed by atoms with van der Waals surface area (Å²) in [5.74, 6) is 0.256. The van der Waals surface area contributed by atoms with Gasteiger partial charge in [-0.3, -0.25) is 4.79 Å². The number of para-hydroxylation sites is 1. The fraction of sp³-hybridized carbons (Fsp3) is 0.0625. The summed E-state index contributed by atoms with van der Waals surface area (Å²) in [6.45, 7) is 1.75. The zero-order chi connectivity index (χ0) is 14.8. The minimum absolute atomic E-state index is 0.298. The normalized spacial score (nSPS) is 10.3. The summed E-state index contributed by atoms with van der Waals surface area (Å²) in [6.07, 6.45) is 0. The minimum atomic E-state index is -0.298. The van der Waals surface area contributed by atoms with E-state index >= 15 is 0 Å². The van der Waals surface area contributed by atoms with Gasteiger partial charge in [0.15, 0.2) is 11.5 Å². The van der Waals surface area contributed by atoms with Gasteiger partial charge in [0.1, 0.15) is 11.6 Å². The molecule has 0 aliphatic rings. The minimum Gasteiger partial charge on any atom is -0.441 e. The molecule has 0 saturated heterocycles. The lowest BCUT2D eigenvalue weighted by Gasteiger charge is -2.06. The quantitative estimate of drug-likeness (QED) is 0.779. The molecule has 21 heavy (non-hydrogen) atoms. The van der Waals surface area contributed by atoms with Gasteiger partial charge in [0.25, 0.3) is 5.91 Å². The van der Waals surface area contributed by atoms with E-state index in [0.717, 1.165) is 0 Å². The predicted octanol–water partition coefficient (Wildman–Crippen LogP) is 3.26. The highest BCUT2D eigenvalue weighted by Gasteiger charge is 2.11. The molecular weight excluding hydrogens is 266 g/mol. The van der Waals surface area contributed by atoms with Crippen LogP contribution in [0.15, 0.2) is 46.9 Å². The number of aromatic nitrogens is 1. The molecule has 0 fully saturated rings. The number of hydrogen-bond acceptors (Lipinski definition) is 4. The molecule has 1 amide bonds. The van der Waals surface area contributed by atoms with Crippen LogP contribution in [-0.2, 0) is 0 Å². The van der Waals surface area contributed by atoms with Crippen LogP contribution in [0.2, 0.25) is 0 Å². The van der Waals surface area contributed by atoms with Gasteiger partial charge in [-0.05, 0) is 30.3 Å². The molecule has 5 heteroatoms. The lowest BCUT2D eigenvalue weighted by Crippen LogP contribution is -2.12. The van der Waals surface area contributed by atoms with Crippen LogP contribution in [0, 0.1) is 18.3 Å². The number of benzene rings is 2. The van der Waals surface area contributed by atoms with E-state index in [0.29, 0.717) is 33.8 Å². The third-order valence-corrected chi connectivity index (χ3v) is 3.05. The fourth-order valence-electron chi connectivity index (χ4n) is 2.07. The lowest BCUT2D eigenvalue weighted by atomic mass is 10.1. The van der Waals surface area contributed by atoms with Crippen LogP contribution in [0.25, 0.3) is 11.1 Å². The van der Waals surface area contributed by atoms with Crippen LogP contribution in [0.1, 0.15) is 21.8 Å². The van der Waals surface area contributed by atoms with Crippen molar-refractivity contribution in [3.8, 4) is 6.07 Å². The number of hydrogen-bond donors (Lipinski definition) is 1. The number of anilines is 1. The number of nitrogens with zero attached hydrogens (tertiary/aromatic N) is 2. The molecule has 0 atom stereocenters. The van der Waals surface area contributed by atoms with E-state index in [4.69, 9.17) is 9.68 Å². The van der Waals surface area contributed by atoms with Crippen molar-refractivity contribution in [1.82, 2.24) is 4.98 Å². The SMILES string of the molecule is Cc1nc2ccc(C(=O)Nc3ccccc3C#N)cc2o1. The third-order valence-electron chi connectivity index (χ3n) is 3.05. The van der Waals surface area contributed by atoms with Crippen molar-refractivity contribution < 1.29 is 9.21 Å². The summed E-state index contributed by atoms with van der Waals surface area (Å²) in [5, 5.41) is 11.7. The van der Waals surface area contributed by atoms with Crippen LogP contribution >= 0.6 is 0 Å². The maximum absolute atomic E-state index is 12.3. The first kappa shape index (κ1) is 12.9. The molecule has 0 bridgehead atoms. The van der Waals surface area contributed by atoms with Gasteiger partial charge in [-0.25, -0.2) is 4.98 Å². The van der Waals surface area contributed by atoms with Crippen molar-refractivity contribution in [2.45, 2.75) is 6.92 Å². The summed E-state index contributed by atoms with van der Waals surface area (Å²) in [5.41, 5.74) is 2.63. The maximum Gasteiger partial charge on any atom is 0.255 e. The Morgan fingerprint density at radius 2 is 2.10 bits per heavy atom. The van der Waals surface area contributed by atoms with Crippen LogP contribution < -0.4 is 5.32 Å². The number of rotatable bonds is 2. The number of amides is 1. The van der Waals surface area contributed by atoms with Gasteiger partial charge in [0.05, 0.1) is 11.3 Å². The van der Waals surface area contributed by atoms with Gasteiger partial charge in [0.2, 0.25) is 0 Å². The summed E-state index contributed by atoms with van der Waals surface area (Å²) in [6, 6.07) is 13.9. The van der Waals surface area contributed by atoms with E-state index in [1.165, 1.54) is 0 Å². The molecule has 0 spiro atoms. The zero-order valence-corrected chi connectivity index (χ0v) is 11.3. The second-order valence-electron chi connectivity index (χ2n) is 4.53. The van der Waals surface area contributed by atoms with Crippen molar-refractivity contribution in [2.75, 3.05) is 5.32 Å². The Kier molecular flexibility index (Phi) is 3.13. The molecule has 0 aliphatic carbocycles. The van der Waals surface area contributed by atoms with Crippen molar-refractivity contribution in [3.05, 3.63) is 59.5 Å². The summed E-state index contributed by atoms with van der Waals surface area (Å²) < 4.78 is 5.41. The molecule has 5 nitrogen and oxygen atoms in total. The second-order valence-corrected chi connectivity index (χ2v) is 4.53. The first-order valence-corrected chi connectivity index (χ1v) is 6.35. The third kappa shape index (κ3) is 2.47. The number of nitrogens with one attached hydrogen (secondary N) is 1. The molecular formula is C16H11N3O2. The first-order valence-electron chi connectivity index (χ1n) is 6.35. The average Bonchev–Trinajstić information content (AvgIpc) is 2.86. The molecule has 3 rings (SSSR count). The van der Waals surface area contributed by atoms with Gasteiger partial charge in [0, 0.05) is 12.5 Å². The van der Waals surface area contributed by atoms with Gasteiger partial charge in [-0.15, -0.1) is 0 Å². The van der Waals surface area contributed by atoms with E-state index in [9.17, 15) is 4.79 Å². The smallest absolute Gasteiger partial charge is 0.255 e. The highest BCUT2D eigenvalue weighted by molar-refractivity contribution is 6.06. The van der Waals surface area contributed by atoms with Crippen LogP contribution in [-0.4, -0.2) is 10.9 Å². The molecule has 3 aromatic rings. The molecule has 2 aromatic carbocycles. The Hall–Kier alpha value is -3.13. The number of nitriles is 1. The molecule has 102 valence electrons. The van der Waals surface area contributed by atoms with E-state index < -0.39 is 0 Å². The molecule has 0 radical (unpaired) electrons. The van der Waals surface area contributed by atoms with E-state index in [1.54, 1.807) is 49.4 Å². The monoisotopic (exact) mass is 277 g/mol. The predicted molar refractivity (Wildman–Crippen MR) is 77.9 cm³/mol. The van der Waals surface area contributed by atoms with Crippen LogP contribution in [0.5, 0.6) is 0 Å². The van der Waals surface area contributed by atoms with E-state index in [2.05, 4.69) is 10.3 Å². The Morgan fingerprint density at radius 3 is 2.90 bits per heavy atom. The summed E-state index contributed by atoms with van der Waals surface area (Å²) >= 11 is 0. The Balaban J connectivity index is 1.91. The Morgan fingerprint density at radius 1 is 1.29 bits per heavy atom. The largest absolute Gasteiger partial charge is 0.441 e. The van der Waals surface area contributed by atoms with E-state index in [-0.39, 0.29) is 5.91 Å². The van der Waals surface area contributed by atoms with Crippen LogP contribution in [0.3, 0.4) is 0 Å². The fourth-order valence-corrected chi connectivity index (χ4v) is 2.07. The highest BCUT2D eigenvalue weighted by atomic mass is 16.3. The first-order chi connectivity index (χ1) is 10.2. The van der Waals surface area contributed by atoms with Gasteiger partial charge in [-0.2, -0.15) is 5.26 Å². The van der Waals surface area contributed by atoms with Gasteiger partial charge < -0.3 is 9.73 Å². The number of fused-ring (bicyclic) bond motifs is 1.